The molecule has 0 unspecified atom stereocenters. The molecule has 2 aromatic carbocycles. The fraction of sp³-hybridized carbons (Fsp3) is 0.222. The molecule has 0 radical (unpaired) electrons. The maximum absolute atomic E-state index is 12.0. The number of ether oxygens (including phenoxy) is 1. The van der Waals surface area contributed by atoms with E-state index in [1.54, 1.807) is 36.4 Å². The van der Waals surface area contributed by atoms with Gasteiger partial charge >= 0.3 is 0 Å². The first-order valence-electron chi connectivity index (χ1n) is 7.55. The first kappa shape index (κ1) is 16.5. The predicted octanol–water partition coefficient (Wildman–Crippen LogP) is 2.84. The van der Waals surface area contributed by atoms with Gasteiger partial charge in [0.25, 0.3) is 5.91 Å². The third-order valence-electron chi connectivity index (χ3n) is 3.07. The molecular weight excluding hydrogens is 292 g/mol. The van der Waals surface area contributed by atoms with E-state index < -0.39 is 0 Å². The lowest BCUT2D eigenvalue weighted by Crippen LogP contribution is -2.32. The van der Waals surface area contributed by atoms with Crippen LogP contribution in [-0.4, -0.2) is 25.0 Å². The molecule has 0 atom stereocenters. The van der Waals surface area contributed by atoms with E-state index in [-0.39, 0.29) is 18.4 Å². The molecule has 2 rings (SSSR count). The maximum atomic E-state index is 12.0. The molecule has 0 bridgehead atoms. The number of rotatable bonds is 7. The van der Waals surface area contributed by atoms with Crippen LogP contribution in [0.15, 0.2) is 54.6 Å². The average Bonchev–Trinajstić information content (AvgIpc) is 2.59. The number of hydrogen-bond acceptors (Lipinski definition) is 3. The van der Waals surface area contributed by atoms with Crippen molar-refractivity contribution in [3.63, 3.8) is 0 Å². The Morgan fingerprint density at radius 3 is 2.43 bits per heavy atom. The van der Waals surface area contributed by atoms with Crippen LogP contribution in [0.4, 0.5) is 5.69 Å². The van der Waals surface area contributed by atoms with Crippen molar-refractivity contribution in [2.45, 2.75) is 13.3 Å². The molecule has 0 saturated heterocycles. The number of carbonyl (C=O) groups excluding carboxylic acids is 2. The van der Waals surface area contributed by atoms with Crippen LogP contribution in [0.2, 0.25) is 0 Å². The molecule has 2 aromatic rings. The first-order chi connectivity index (χ1) is 11.2. The summed E-state index contributed by atoms with van der Waals surface area (Å²) in [6, 6.07) is 16.0. The van der Waals surface area contributed by atoms with Crippen molar-refractivity contribution in [1.82, 2.24) is 5.32 Å². The molecule has 0 saturated carbocycles. The van der Waals surface area contributed by atoms with E-state index in [0.717, 1.165) is 6.42 Å². The van der Waals surface area contributed by atoms with E-state index in [0.29, 0.717) is 23.6 Å². The van der Waals surface area contributed by atoms with Crippen LogP contribution in [0.1, 0.15) is 23.7 Å². The Morgan fingerprint density at radius 2 is 1.70 bits per heavy atom. The molecule has 23 heavy (non-hydrogen) atoms. The summed E-state index contributed by atoms with van der Waals surface area (Å²) in [7, 11) is 0. The van der Waals surface area contributed by atoms with Gasteiger partial charge in [-0.2, -0.15) is 0 Å². The van der Waals surface area contributed by atoms with Crippen LogP contribution in [0.25, 0.3) is 0 Å². The van der Waals surface area contributed by atoms with Crippen LogP contribution in [0, 0.1) is 0 Å². The highest BCUT2D eigenvalue weighted by atomic mass is 16.5. The molecule has 2 amide bonds. The summed E-state index contributed by atoms with van der Waals surface area (Å²) < 4.78 is 5.58. The molecule has 5 nitrogen and oxygen atoms in total. The van der Waals surface area contributed by atoms with Crippen molar-refractivity contribution in [3.05, 3.63) is 60.2 Å². The van der Waals surface area contributed by atoms with Gasteiger partial charge in [-0.25, -0.2) is 0 Å². The summed E-state index contributed by atoms with van der Waals surface area (Å²) in [5, 5.41) is 5.34. The van der Waals surface area contributed by atoms with Crippen molar-refractivity contribution in [2.24, 2.45) is 0 Å². The number of nitrogens with one attached hydrogen (secondary N) is 2. The Morgan fingerprint density at radius 1 is 1.00 bits per heavy atom. The standard InChI is InChI=1S/C18H20N2O3/c1-2-12-23-16-11-7-6-10-15(16)20-17(21)13-19-18(22)14-8-4-3-5-9-14/h3-11H,2,12-13H2,1H3,(H,19,22)(H,20,21). The first-order valence-corrected chi connectivity index (χ1v) is 7.55. The summed E-state index contributed by atoms with van der Waals surface area (Å²) in [6.45, 7) is 2.49. The van der Waals surface area contributed by atoms with Gasteiger partial charge in [-0.1, -0.05) is 37.3 Å². The van der Waals surface area contributed by atoms with Gasteiger partial charge in [0, 0.05) is 5.56 Å². The minimum absolute atomic E-state index is 0.101. The fourth-order valence-corrected chi connectivity index (χ4v) is 1.95. The lowest BCUT2D eigenvalue weighted by atomic mass is 10.2. The fourth-order valence-electron chi connectivity index (χ4n) is 1.95. The van der Waals surface area contributed by atoms with Crippen molar-refractivity contribution in [1.29, 1.82) is 0 Å². The second-order valence-corrected chi connectivity index (χ2v) is 4.94. The minimum Gasteiger partial charge on any atom is -0.491 e. The lowest BCUT2D eigenvalue weighted by Gasteiger charge is -2.12. The molecule has 0 aliphatic rings. The van der Waals surface area contributed by atoms with Crippen LogP contribution in [-0.2, 0) is 4.79 Å². The smallest absolute Gasteiger partial charge is 0.251 e. The van der Waals surface area contributed by atoms with Crippen molar-refractivity contribution < 1.29 is 14.3 Å². The van der Waals surface area contributed by atoms with E-state index in [1.165, 1.54) is 0 Å². The van der Waals surface area contributed by atoms with Crippen LogP contribution >= 0.6 is 0 Å². The molecule has 0 heterocycles. The number of hydrogen-bond donors (Lipinski definition) is 2. The summed E-state index contributed by atoms with van der Waals surface area (Å²) in [6.07, 6.45) is 0.884. The van der Waals surface area contributed by atoms with Crippen LogP contribution in [0.5, 0.6) is 5.75 Å². The quantitative estimate of drug-likeness (QED) is 0.826. The van der Waals surface area contributed by atoms with Gasteiger partial charge in [-0.15, -0.1) is 0 Å². The zero-order valence-electron chi connectivity index (χ0n) is 13.0. The normalized spacial score (nSPS) is 9.96. The Labute approximate surface area is 135 Å². The molecule has 0 fully saturated rings. The lowest BCUT2D eigenvalue weighted by molar-refractivity contribution is -0.115. The van der Waals surface area contributed by atoms with Crippen molar-refractivity contribution in [3.8, 4) is 5.75 Å². The Balaban J connectivity index is 1.89. The van der Waals surface area contributed by atoms with Crippen LogP contribution in [0.3, 0.4) is 0 Å². The Kier molecular flexibility index (Phi) is 6.17. The largest absolute Gasteiger partial charge is 0.491 e. The van der Waals surface area contributed by atoms with E-state index in [1.807, 2.05) is 25.1 Å². The van der Waals surface area contributed by atoms with Gasteiger partial charge in [-0.05, 0) is 30.7 Å². The monoisotopic (exact) mass is 312 g/mol. The SMILES string of the molecule is CCCOc1ccccc1NC(=O)CNC(=O)c1ccccc1. The van der Waals surface area contributed by atoms with Gasteiger partial charge in [-0.3, -0.25) is 9.59 Å². The highest BCUT2D eigenvalue weighted by Gasteiger charge is 2.10. The third kappa shape index (κ3) is 5.14. The third-order valence-corrected chi connectivity index (χ3v) is 3.07. The van der Waals surface area contributed by atoms with Crippen LogP contribution < -0.4 is 15.4 Å². The van der Waals surface area contributed by atoms with Gasteiger partial charge < -0.3 is 15.4 Å². The van der Waals surface area contributed by atoms with E-state index in [2.05, 4.69) is 10.6 Å². The van der Waals surface area contributed by atoms with E-state index in [4.69, 9.17) is 4.74 Å². The van der Waals surface area contributed by atoms with Gasteiger partial charge in [0.2, 0.25) is 5.91 Å². The molecule has 0 aliphatic carbocycles. The second kappa shape index (κ2) is 8.58. The van der Waals surface area contributed by atoms with Gasteiger partial charge in [0.1, 0.15) is 5.75 Å². The van der Waals surface area contributed by atoms with Gasteiger partial charge in [0.15, 0.2) is 0 Å². The van der Waals surface area contributed by atoms with Crippen molar-refractivity contribution >= 4 is 17.5 Å². The van der Waals surface area contributed by atoms with E-state index in [9.17, 15) is 9.59 Å². The molecule has 2 N–H and O–H groups in total. The summed E-state index contributed by atoms with van der Waals surface area (Å²) in [5.74, 6) is 0.0372. The summed E-state index contributed by atoms with van der Waals surface area (Å²) in [4.78, 5) is 23.9. The Hall–Kier alpha value is -2.82. The number of para-hydroxylation sites is 2. The number of anilines is 1. The van der Waals surface area contributed by atoms with Gasteiger partial charge in [0.05, 0.1) is 18.8 Å². The number of amides is 2. The molecule has 5 heteroatoms. The summed E-state index contributed by atoms with van der Waals surface area (Å²) in [5.41, 5.74) is 1.12. The number of carbonyl (C=O) groups is 2. The molecule has 0 spiro atoms. The number of benzene rings is 2. The summed E-state index contributed by atoms with van der Waals surface area (Å²) >= 11 is 0. The maximum Gasteiger partial charge on any atom is 0.251 e. The Bertz CT molecular complexity index is 656. The van der Waals surface area contributed by atoms with Crippen molar-refractivity contribution in [2.75, 3.05) is 18.5 Å². The van der Waals surface area contributed by atoms with E-state index >= 15 is 0 Å². The predicted molar refractivity (Wildman–Crippen MR) is 89.6 cm³/mol. The second-order valence-electron chi connectivity index (χ2n) is 4.94. The molecular formula is C18H20N2O3. The molecule has 120 valence electrons. The zero-order valence-corrected chi connectivity index (χ0v) is 13.0. The topological polar surface area (TPSA) is 67.4 Å². The highest BCUT2D eigenvalue weighted by Crippen LogP contribution is 2.23. The molecule has 0 aromatic heterocycles. The zero-order chi connectivity index (χ0) is 16.5. The highest BCUT2D eigenvalue weighted by molar-refractivity contribution is 5.99. The minimum atomic E-state index is -0.304. The molecule has 0 aliphatic heterocycles. The average molecular weight is 312 g/mol.